The number of nitrogens with one attached hydrogen (secondary N) is 1. The minimum absolute atomic E-state index is 0.00741. The van der Waals surface area contributed by atoms with Crippen molar-refractivity contribution in [2.24, 2.45) is 0 Å². The molecule has 168 valence electrons. The molecule has 1 aromatic heterocycles. The average Bonchev–Trinajstić information content (AvgIpc) is 3.06. The van der Waals surface area contributed by atoms with Crippen molar-refractivity contribution in [2.75, 3.05) is 5.75 Å². The van der Waals surface area contributed by atoms with Crippen LogP contribution in [0.4, 0.5) is 0 Å². The van der Waals surface area contributed by atoms with Crippen molar-refractivity contribution in [3.8, 4) is 5.69 Å². The van der Waals surface area contributed by atoms with Gasteiger partial charge in [-0.15, -0.1) is 0 Å². The molecule has 0 atom stereocenters. The van der Waals surface area contributed by atoms with Crippen molar-refractivity contribution in [1.29, 1.82) is 0 Å². The third kappa shape index (κ3) is 5.07. The number of fused-ring (bicyclic) bond motifs is 1. The number of carbonyl (C=O) groups excluding carboxylic acids is 1. The maximum Gasteiger partial charge on any atom is 0.266 e. The van der Waals surface area contributed by atoms with Crippen LogP contribution in [-0.2, 0) is 4.79 Å². The number of thioether (sulfide) groups is 1. The summed E-state index contributed by atoms with van der Waals surface area (Å²) in [4.78, 5) is 31.0. The molecular weight excluding hydrogens is 418 g/mol. The van der Waals surface area contributed by atoms with Crippen LogP contribution >= 0.6 is 11.8 Å². The molecule has 0 bridgehead atoms. The van der Waals surface area contributed by atoms with E-state index in [1.165, 1.54) is 37.4 Å². The first-order chi connectivity index (χ1) is 15.5. The number of carbonyl (C=O) groups is 1. The van der Waals surface area contributed by atoms with Crippen LogP contribution in [0.25, 0.3) is 16.6 Å². The fourth-order valence-electron chi connectivity index (χ4n) is 4.42. The normalized spacial score (nSPS) is 15.1. The summed E-state index contributed by atoms with van der Waals surface area (Å²) < 4.78 is 1.68. The lowest BCUT2D eigenvalue weighted by atomic mass is 10.0. The van der Waals surface area contributed by atoms with E-state index in [4.69, 9.17) is 4.98 Å². The molecule has 1 aliphatic carbocycles. The van der Waals surface area contributed by atoms with Gasteiger partial charge in [-0.25, -0.2) is 4.98 Å². The Hall–Kier alpha value is -2.60. The number of hydrogen-bond donors (Lipinski definition) is 1. The van der Waals surface area contributed by atoms with E-state index in [2.05, 4.69) is 25.2 Å². The predicted octanol–water partition coefficient (Wildman–Crippen LogP) is 5.44. The zero-order valence-electron chi connectivity index (χ0n) is 18.8. The Morgan fingerprint density at radius 3 is 2.50 bits per heavy atom. The van der Waals surface area contributed by atoms with E-state index in [9.17, 15) is 9.59 Å². The summed E-state index contributed by atoms with van der Waals surface area (Å²) >= 11 is 1.33. The van der Waals surface area contributed by atoms with Crippen LogP contribution in [0.3, 0.4) is 0 Å². The summed E-state index contributed by atoms with van der Waals surface area (Å²) in [6.45, 7) is 4.23. The molecule has 0 unspecified atom stereocenters. The highest BCUT2D eigenvalue weighted by Crippen LogP contribution is 2.27. The van der Waals surface area contributed by atoms with Gasteiger partial charge in [-0.3, -0.25) is 14.2 Å². The van der Waals surface area contributed by atoms with Gasteiger partial charge in [-0.05, 0) is 42.5 Å². The van der Waals surface area contributed by atoms with E-state index in [0.717, 1.165) is 24.1 Å². The fraction of sp³-hybridized carbons (Fsp3) is 0.423. The molecule has 0 aliphatic heterocycles. The SMILES string of the molecule is CC(C)c1ccccc1-n1c(SCC(=O)NC2CCCCCC2)nc2ccccc2c1=O. The summed E-state index contributed by atoms with van der Waals surface area (Å²) in [7, 11) is 0. The first-order valence-corrected chi connectivity index (χ1v) is 12.6. The lowest BCUT2D eigenvalue weighted by molar-refractivity contribution is -0.119. The maximum absolute atomic E-state index is 13.5. The van der Waals surface area contributed by atoms with Gasteiger partial charge in [0.1, 0.15) is 0 Å². The van der Waals surface area contributed by atoms with Gasteiger partial charge in [0.05, 0.1) is 22.3 Å². The summed E-state index contributed by atoms with van der Waals surface area (Å²) in [5.74, 6) is 0.499. The molecule has 4 rings (SSSR count). The van der Waals surface area contributed by atoms with Gasteiger partial charge < -0.3 is 5.32 Å². The molecule has 2 aromatic carbocycles. The minimum atomic E-state index is -0.102. The number of nitrogens with zero attached hydrogens (tertiary/aromatic N) is 2. The van der Waals surface area contributed by atoms with Gasteiger partial charge in [0.25, 0.3) is 5.56 Å². The van der Waals surface area contributed by atoms with Crippen LogP contribution in [-0.4, -0.2) is 27.3 Å². The van der Waals surface area contributed by atoms with E-state index < -0.39 is 0 Å². The van der Waals surface area contributed by atoms with Gasteiger partial charge in [0.15, 0.2) is 5.16 Å². The van der Waals surface area contributed by atoms with E-state index >= 15 is 0 Å². The number of hydrogen-bond acceptors (Lipinski definition) is 4. The quantitative estimate of drug-likeness (QED) is 0.309. The molecule has 1 saturated carbocycles. The molecule has 3 aromatic rings. The molecule has 0 saturated heterocycles. The minimum Gasteiger partial charge on any atom is -0.353 e. The molecule has 1 N–H and O–H groups in total. The smallest absolute Gasteiger partial charge is 0.266 e. The molecule has 1 heterocycles. The Balaban J connectivity index is 1.67. The van der Waals surface area contributed by atoms with Crippen molar-refractivity contribution in [3.63, 3.8) is 0 Å². The predicted molar refractivity (Wildman–Crippen MR) is 132 cm³/mol. The molecule has 32 heavy (non-hydrogen) atoms. The second-order valence-corrected chi connectivity index (χ2v) is 9.75. The summed E-state index contributed by atoms with van der Waals surface area (Å²) in [6.07, 6.45) is 6.97. The number of para-hydroxylation sites is 2. The maximum atomic E-state index is 13.5. The van der Waals surface area contributed by atoms with E-state index in [1.807, 2.05) is 42.5 Å². The third-order valence-electron chi connectivity index (χ3n) is 6.10. The summed E-state index contributed by atoms with van der Waals surface area (Å²) in [5, 5.41) is 4.33. The summed E-state index contributed by atoms with van der Waals surface area (Å²) in [5.41, 5.74) is 2.46. The zero-order valence-corrected chi connectivity index (χ0v) is 19.7. The van der Waals surface area contributed by atoms with Crippen molar-refractivity contribution in [1.82, 2.24) is 14.9 Å². The highest BCUT2D eigenvalue weighted by molar-refractivity contribution is 7.99. The first kappa shape index (κ1) is 22.6. The first-order valence-electron chi connectivity index (χ1n) is 11.6. The Labute approximate surface area is 193 Å². The molecule has 1 amide bonds. The lowest BCUT2D eigenvalue weighted by Crippen LogP contribution is -2.35. The van der Waals surface area contributed by atoms with Gasteiger partial charge in [0, 0.05) is 6.04 Å². The highest BCUT2D eigenvalue weighted by Gasteiger charge is 2.19. The van der Waals surface area contributed by atoms with Crippen LogP contribution in [0.2, 0.25) is 0 Å². The molecule has 5 nitrogen and oxygen atoms in total. The summed E-state index contributed by atoms with van der Waals surface area (Å²) in [6, 6.07) is 15.6. The highest BCUT2D eigenvalue weighted by atomic mass is 32.2. The topological polar surface area (TPSA) is 64.0 Å². The Bertz CT molecular complexity index is 1150. The van der Waals surface area contributed by atoms with Crippen LogP contribution in [0.15, 0.2) is 58.5 Å². The van der Waals surface area contributed by atoms with E-state index in [-0.39, 0.29) is 29.2 Å². The standard InChI is InChI=1S/C26H31N3O2S/c1-18(2)20-13-8-10-16-23(20)29-25(31)21-14-7-9-15-22(21)28-26(29)32-17-24(30)27-19-11-5-3-4-6-12-19/h7-10,13-16,18-19H,3-6,11-12,17H2,1-2H3,(H,27,30). The Kier molecular flexibility index (Phi) is 7.30. The van der Waals surface area contributed by atoms with Crippen LogP contribution in [0.1, 0.15) is 63.9 Å². The average molecular weight is 450 g/mol. The van der Waals surface area contributed by atoms with Gasteiger partial charge in [0.2, 0.25) is 5.91 Å². The van der Waals surface area contributed by atoms with Crippen LogP contribution in [0, 0.1) is 0 Å². The second kappa shape index (κ2) is 10.3. The molecule has 1 aliphatic rings. The van der Waals surface area contributed by atoms with Crippen molar-refractivity contribution in [2.45, 2.75) is 69.5 Å². The van der Waals surface area contributed by atoms with Crippen molar-refractivity contribution >= 4 is 28.6 Å². The molecule has 1 fully saturated rings. The Morgan fingerprint density at radius 2 is 1.75 bits per heavy atom. The van der Waals surface area contributed by atoms with Gasteiger partial charge in [-0.1, -0.05) is 81.6 Å². The number of aromatic nitrogens is 2. The van der Waals surface area contributed by atoms with E-state index in [0.29, 0.717) is 16.1 Å². The van der Waals surface area contributed by atoms with E-state index in [1.54, 1.807) is 4.57 Å². The zero-order chi connectivity index (χ0) is 22.5. The Morgan fingerprint density at radius 1 is 1.06 bits per heavy atom. The second-order valence-electron chi connectivity index (χ2n) is 8.81. The molecule has 6 heteroatoms. The van der Waals surface area contributed by atoms with Gasteiger partial charge in [-0.2, -0.15) is 0 Å². The fourth-order valence-corrected chi connectivity index (χ4v) is 5.24. The number of amides is 1. The lowest BCUT2D eigenvalue weighted by Gasteiger charge is -2.19. The van der Waals surface area contributed by atoms with Crippen LogP contribution < -0.4 is 10.9 Å². The number of rotatable bonds is 6. The molecule has 0 spiro atoms. The monoisotopic (exact) mass is 449 g/mol. The van der Waals surface area contributed by atoms with Crippen molar-refractivity contribution < 1.29 is 4.79 Å². The largest absolute Gasteiger partial charge is 0.353 e. The number of benzene rings is 2. The molecule has 0 radical (unpaired) electrons. The van der Waals surface area contributed by atoms with Crippen LogP contribution in [0.5, 0.6) is 0 Å². The third-order valence-corrected chi connectivity index (χ3v) is 7.04. The van der Waals surface area contributed by atoms with Crippen molar-refractivity contribution in [3.05, 3.63) is 64.4 Å². The van der Waals surface area contributed by atoms with Gasteiger partial charge >= 0.3 is 0 Å². The molecular formula is C26H31N3O2S.